The summed E-state index contributed by atoms with van der Waals surface area (Å²) in [5, 5.41) is 12.3. The minimum atomic E-state index is -0.156. The van der Waals surface area contributed by atoms with Gasteiger partial charge in [0.2, 0.25) is 0 Å². The number of nitrogens with one attached hydrogen (secondary N) is 1. The lowest BCUT2D eigenvalue weighted by Crippen LogP contribution is -2.35. The summed E-state index contributed by atoms with van der Waals surface area (Å²) < 4.78 is 0. The van der Waals surface area contributed by atoms with Gasteiger partial charge in [-0.15, -0.1) is 0 Å². The maximum absolute atomic E-state index is 8.99. The number of nitrogens with zero attached hydrogens (tertiary/aromatic N) is 1. The van der Waals surface area contributed by atoms with Crippen molar-refractivity contribution in [3.8, 4) is 0 Å². The maximum Gasteiger partial charge on any atom is 0.149 e. The molecule has 0 saturated carbocycles. The van der Waals surface area contributed by atoms with Crippen LogP contribution in [0.3, 0.4) is 0 Å². The number of aliphatic hydroxyl groups excluding tert-OH is 1. The Kier molecular flexibility index (Phi) is 3.91. The van der Waals surface area contributed by atoms with Crippen molar-refractivity contribution in [2.24, 2.45) is 0 Å². The van der Waals surface area contributed by atoms with E-state index in [1.165, 1.54) is 0 Å². The van der Waals surface area contributed by atoms with E-state index in [2.05, 4.69) is 24.1 Å². The quantitative estimate of drug-likeness (QED) is 0.689. The van der Waals surface area contributed by atoms with Crippen molar-refractivity contribution in [2.75, 3.05) is 17.7 Å². The lowest BCUT2D eigenvalue weighted by molar-refractivity contribution is 0.252. The van der Waals surface area contributed by atoms with Gasteiger partial charge >= 0.3 is 0 Å². The highest BCUT2D eigenvalue weighted by Gasteiger charge is 2.22. The first-order valence-corrected chi connectivity index (χ1v) is 5.21. The first-order chi connectivity index (χ1) is 7.11. The van der Waals surface area contributed by atoms with Crippen molar-refractivity contribution in [1.29, 1.82) is 0 Å². The van der Waals surface area contributed by atoms with Crippen LogP contribution >= 0.6 is 0 Å². The van der Waals surface area contributed by atoms with Crippen molar-refractivity contribution in [3.63, 3.8) is 0 Å². The van der Waals surface area contributed by atoms with Crippen LogP contribution in [-0.2, 0) is 0 Å². The monoisotopic (exact) mass is 209 g/mol. The number of rotatable bonds is 5. The Bertz CT molecular complexity index is 316. The van der Waals surface area contributed by atoms with Gasteiger partial charge in [0.05, 0.1) is 5.69 Å². The Morgan fingerprint density at radius 3 is 2.87 bits per heavy atom. The van der Waals surface area contributed by atoms with E-state index in [4.69, 9.17) is 10.8 Å². The summed E-state index contributed by atoms with van der Waals surface area (Å²) in [6.45, 7) is 4.28. The Morgan fingerprint density at radius 1 is 1.60 bits per heavy atom. The van der Waals surface area contributed by atoms with Crippen molar-refractivity contribution in [3.05, 3.63) is 18.3 Å². The van der Waals surface area contributed by atoms with Crippen molar-refractivity contribution in [2.45, 2.75) is 32.2 Å². The van der Waals surface area contributed by atoms with Gasteiger partial charge in [-0.05, 0) is 31.9 Å². The molecule has 0 aromatic carbocycles. The predicted octanol–water partition coefficient (Wildman–Crippen LogP) is 1.63. The largest absolute Gasteiger partial charge is 0.396 e. The highest BCUT2D eigenvalue weighted by Crippen LogP contribution is 2.23. The van der Waals surface area contributed by atoms with Gasteiger partial charge in [0.25, 0.3) is 0 Å². The molecule has 1 aromatic heterocycles. The number of hydrogen-bond donors (Lipinski definition) is 3. The van der Waals surface area contributed by atoms with Gasteiger partial charge in [0.1, 0.15) is 5.82 Å². The van der Waals surface area contributed by atoms with Gasteiger partial charge in [-0.25, -0.2) is 4.98 Å². The molecule has 0 bridgehead atoms. The smallest absolute Gasteiger partial charge is 0.149 e. The molecule has 4 nitrogen and oxygen atoms in total. The average Bonchev–Trinajstić information content (AvgIpc) is 2.22. The molecule has 4 heteroatoms. The third kappa shape index (κ3) is 3.09. The molecule has 0 radical (unpaired) electrons. The van der Waals surface area contributed by atoms with Crippen molar-refractivity contribution in [1.82, 2.24) is 4.98 Å². The van der Waals surface area contributed by atoms with Crippen LogP contribution in [0.25, 0.3) is 0 Å². The van der Waals surface area contributed by atoms with E-state index in [-0.39, 0.29) is 12.1 Å². The fourth-order valence-electron chi connectivity index (χ4n) is 1.38. The molecule has 1 unspecified atom stereocenters. The molecule has 1 heterocycles. The fraction of sp³-hybridized carbons (Fsp3) is 0.545. The zero-order chi connectivity index (χ0) is 11.3. The molecule has 1 atom stereocenters. The van der Waals surface area contributed by atoms with Crippen molar-refractivity contribution >= 4 is 11.5 Å². The molecule has 0 amide bonds. The second kappa shape index (κ2) is 4.98. The lowest BCUT2D eigenvalue weighted by Gasteiger charge is -2.30. The summed E-state index contributed by atoms with van der Waals surface area (Å²) in [7, 11) is 0. The number of aromatic nitrogens is 1. The summed E-state index contributed by atoms with van der Waals surface area (Å²) in [5.41, 5.74) is 6.27. The molecule has 0 aliphatic heterocycles. The molecule has 0 spiro atoms. The minimum absolute atomic E-state index is 0.156. The molecule has 1 aromatic rings. The SMILES string of the molecule is CCC(C)(CCO)Nc1ncccc1N. The Morgan fingerprint density at radius 2 is 2.33 bits per heavy atom. The Balaban J connectivity index is 2.79. The summed E-state index contributed by atoms with van der Waals surface area (Å²) in [6, 6.07) is 3.61. The van der Waals surface area contributed by atoms with Gasteiger partial charge in [-0.1, -0.05) is 6.92 Å². The van der Waals surface area contributed by atoms with Crippen LogP contribution in [0, 0.1) is 0 Å². The van der Waals surface area contributed by atoms with Crippen LogP contribution in [-0.4, -0.2) is 22.2 Å². The van der Waals surface area contributed by atoms with Crippen LogP contribution in [0.1, 0.15) is 26.7 Å². The second-order valence-electron chi connectivity index (χ2n) is 3.95. The minimum Gasteiger partial charge on any atom is -0.396 e. The van der Waals surface area contributed by atoms with Crippen molar-refractivity contribution < 1.29 is 5.11 Å². The number of nitrogens with two attached hydrogens (primary N) is 1. The van der Waals surface area contributed by atoms with Gasteiger partial charge in [-0.2, -0.15) is 0 Å². The van der Waals surface area contributed by atoms with E-state index in [0.717, 1.165) is 6.42 Å². The first kappa shape index (κ1) is 11.8. The van der Waals surface area contributed by atoms with Gasteiger partial charge < -0.3 is 16.2 Å². The van der Waals surface area contributed by atoms with Gasteiger partial charge in [0, 0.05) is 18.3 Å². The molecule has 84 valence electrons. The average molecular weight is 209 g/mol. The molecule has 15 heavy (non-hydrogen) atoms. The highest BCUT2D eigenvalue weighted by molar-refractivity contribution is 5.61. The van der Waals surface area contributed by atoms with E-state index >= 15 is 0 Å². The number of nitrogen functional groups attached to an aromatic ring is 1. The molecule has 4 N–H and O–H groups in total. The van der Waals surface area contributed by atoms with Crippen LogP contribution < -0.4 is 11.1 Å². The zero-order valence-corrected chi connectivity index (χ0v) is 9.33. The molecule has 0 aliphatic carbocycles. The summed E-state index contributed by atoms with van der Waals surface area (Å²) in [4.78, 5) is 4.18. The maximum atomic E-state index is 8.99. The Labute approximate surface area is 90.5 Å². The third-order valence-electron chi connectivity index (χ3n) is 2.70. The second-order valence-corrected chi connectivity index (χ2v) is 3.95. The zero-order valence-electron chi connectivity index (χ0n) is 9.33. The Hall–Kier alpha value is -1.29. The van der Waals surface area contributed by atoms with Crippen LogP contribution in [0.5, 0.6) is 0 Å². The molecule has 0 fully saturated rings. The molecule has 0 saturated heterocycles. The van der Waals surface area contributed by atoms with Crippen LogP contribution in [0.4, 0.5) is 11.5 Å². The molecular weight excluding hydrogens is 190 g/mol. The molecule has 0 aliphatic rings. The van der Waals surface area contributed by atoms with Gasteiger partial charge in [0.15, 0.2) is 0 Å². The van der Waals surface area contributed by atoms with Crippen LogP contribution in [0.15, 0.2) is 18.3 Å². The highest BCUT2D eigenvalue weighted by atomic mass is 16.3. The summed E-state index contributed by atoms with van der Waals surface area (Å²) in [6.07, 6.45) is 3.29. The lowest BCUT2D eigenvalue weighted by atomic mass is 9.95. The molecule has 1 rings (SSSR count). The summed E-state index contributed by atoms with van der Waals surface area (Å²) in [5.74, 6) is 0.690. The first-order valence-electron chi connectivity index (χ1n) is 5.21. The third-order valence-corrected chi connectivity index (χ3v) is 2.70. The number of aliphatic hydroxyl groups is 1. The fourth-order valence-corrected chi connectivity index (χ4v) is 1.38. The standard InChI is InChI=1S/C11H19N3O/c1-3-11(2,6-8-15)14-10-9(12)5-4-7-13-10/h4-5,7,15H,3,6,8,12H2,1-2H3,(H,13,14). The number of anilines is 2. The summed E-state index contributed by atoms with van der Waals surface area (Å²) >= 11 is 0. The van der Waals surface area contributed by atoms with Gasteiger partial charge in [-0.3, -0.25) is 0 Å². The van der Waals surface area contributed by atoms with E-state index in [1.807, 2.05) is 6.07 Å². The van der Waals surface area contributed by atoms with E-state index in [9.17, 15) is 0 Å². The number of pyridine rings is 1. The van der Waals surface area contributed by atoms with Crippen LogP contribution in [0.2, 0.25) is 0 Å². The van der Waals surface area contributed by atoms with E-state index in [0.29, 0.717) is 17.9 Å². The van der Waals surface area contributed by atoms with E-state index in [1.54, 1.807) is 12.3 Å². The normalized spacial score (nSPS) is 14.6. The van der Waals surface area contributed by atoms with E-state index < -0.39 is 0 Å². The predicted molar refractivity (Wildman–Crippen MR) is 62.7 cm³/mol. The molecular formula is C11H19N3O. The topological polar surface area (TPSA) is 71.2 Å². The number of hydrogen-bond acceptors (Lipinski definition) is 4.